The third-order valence-corrected chi connectivity index (χ3v) is 3.49. The topological polar surface area (TPSA) is 55.1 Å². The van der Waals surface area contributed by atoms with Crippen LogP contribution in [0.2, 0.25) is 0 Å². The van der Waals surface area contributed by atoms with Crippen LogP contribution in [-0.2, 0) is 4.79 Å². The maximum absolute atomic E-state index is 11.6. The van der Waals surface area contributed by atoms with E-state index >= 15 is 0 Å². The van der Waals surface area contributed by atoms with E-state index < -0.39 is 0 Å². The van der Waals surface area contributed by atoms with E-state index in [1.165, 1.54) is 10.1 Å². The van der Waals surface area contributed by atoms with Crippen molar-refractivity contribution in [3.05, 3.63) is 29.6 Å². The molecule has 2 aromatic rings. The van der Waals surface area contributed by atoms with Gasteiger partial charge in [-0.1, -0.05) is 0 Å². The Labute approximate surface area is 105 Å². The van der Waals surface area contributed by atoms with E-state index in [-0.39, 0.29) is 5.91 Å². The number of nitrogens with one attached hydrogen (secondary N) is 1. The molecule has 0 radical (unpaired) electrons. The van der Waals surface area contributed by atoms with Gasteiger partial charge in [0.1, 0.15) is 0 Å². The molecule has 0 saturated heterocycles. The van der Waals surface area contributed by atoms with Gasteiger partial charge in [0.25, 0.3) is 0 Å². The summed E-state index contributed by atoms with van der Waals surface area (Å²) < 4.78 is 1.24. The summed E-state index contributed by atoms with van der Waals surface area (Å²) in [6.45, 7) is 0.647. The second-order valence-electron chi connectivity index (χ2n) is 3.97. The summed E-state index contributed by atoms with van der Waals surface area (Å²) in [6, 6.07) is 8.05. The largest absolute Gasteiger partial charge is 0.330 e. The van der Waals surface area contributed by atoms with Gasteiger partial charge in [-0.2, -0.15) is 0 Å². The molecule has 2 rings (SSSR count). The van der Waals surface area contributed by atoms with Crippen molar-refractivity contribution in [1.82, 2.24) is 0 Å². The second-order valence-corrected chi connectivity index (χ2v) is 4.91. The zero-order chi connectivity index (χ0) is 12.1. The van der Waals surface area contributed by atoms with Crippen molar-refractivity contribution in [3.63, 3.8) is 0 Å². The second kappa shape index (κ2) is 5.80. The standard InChI is InChI=1S/C13H16N2OS/c14-7-2-1-3-13(16)15-11-4-5-12-10(9-11)6-8-17-12/h4-6,8-9H,1-3,7,14H2,(H,15,16). The molecule has 3 nitrogen and oxygen atoms in total. The molecule has 0 aliphatic heterocycles. The summed E-state index contributed by atoms with van der Waals surface area (Å²) in [5, 5.41) is 6.14. The summed E-state index contributed by atoms with van der Waals surface area (Å²) in [7, 11) is 0. The highest BCUT2D eigenvalue weighted by molar-refractivity contribution is 7.17. The van der Waals surface area contributed by atoms with E-state index in [0.29, 0.717) is 13.0 Å². The Balaban J connectivity index is 1.95. The van der Waals surface area contributed by atoms with Gasteiger partial charge in [-0.25, -0.2) is 0 Å². The van der Waals surface area contributed by atoms with Crippen molar-refractivity contribution >= 4 is 33.0 Å². The number of carbonyl (C=O) groups is 1. The highest BCUT2D eigenvalue weighted by Crippen LogP contribution is 2.24. The smallest absolute Gasteiger partial charge is 0.224 e. The Kier molecular flexibility index (Phi) is 4.12. The van der Waals surface area contributed by atoms with Crippen LogP contribution in [0.5, 0.6) is 0 Å². The van der Waals surface area contributed by atoms with Crippen molar-refractivity contribution in [2.24, 2.45) is 5.73 Å². The fourth-order valence-electron chi connectivity index (χ4n) is 1.70. The minimum Gasteiger partial charge on any atom is -0.330 e. The van der Waals surface area contributed by atoms with Gasteiger partial charge >= 0.3 is 0 Å². The van der Waals surface area contributed by atoms with Gasteiger partial charge < -0.3 is 11.1 Å². The van der Waals surface area contributed by atoms with Gasteiger partial charge in [-0.05, 0) is 54.4 Å². The normalized spacial score (nSPS) is 10.6. The Morgan fingerprint density at radius 1 is 1.29 bits per heavy atom. The van der Waals surface area contributed by atoms with Crippen LogP contribution in [0.1, 0.15) is 19.3 Å². The van der Waals surface area contributed by atoms with Crippen LogP contribution >= 0.6 is 11.3 Å². The van der Waals surface area contributed by atoms with Gasteiger partial charge in [-0.3, -0.25) is 4.79 Å². The lowest BCUT2D eigenvalue weighted by atomic mass is 10.2. The maximum atomic E-state index is 11.6. The van der Waals surface area contributed by atoms with Crippen LogP contribution in [0.4, 0.5) is 5.69 Å². The van der Waals surface area contributed by atoms with Crippen molar-refractivity contribution in [3.8, 4) is 0 Å². The minimum atomic E-state index is 0.0630. The predicted octanol–water partition coefficient (Wildman–Crippen LogP) is 2.97. The molecular weight excluding hydrogens is 232 g/mol. The monoisotopic (exact) mass is 248 g/mol. The molecule has 0 unspecified atom stereocenters. The molecule has 3 N–H and O–H groups in total. The van der Waals surface area contributed by atoms with E-state index in [0.717, 1.165) is 18.5 Å². The van der Waals surface area contributed by atoms with Crippen molar-refractivity contribution in [1.29, 1.82) is 0 Å². The molecular formula is C13H16N2OS. The molecule has 0 atom stereocenters. The molecule has 0 bridgehead atoms. The first-order valence-electron chi connectivity index (χ1n) is 5.77. The zero-order valence-corrected chi connectivity index (χ0v) is 10.4. The average Bonchev–Trinajstić information content (AvgIpc) is 2.76. The first-order valence-corrected chi connectivity index (χ1v) is 6.65. The molecule has 0 aliphatic rings. The third kappa shape index (κ3) is 3.28. The summed E-state index contributed by atoms with van der Waals surface area (Å²) >= 11 is 1.71. The Hall–Kier alpha value is -1.39. The fourth-order valence-corrected chi connectivity index (χ4v) is 2.47. The molecule has 0 saturated carbocycles. The van der Waals surface area contributed by atoms with E-state index in [1.807, 2.05) is 18.2 Å². The first kappa shape index (κ1) is 12.1. The minimum absolute atomic E-state index is 0.0630. The number of anilines is 1. The molecule has 0 spiro atoms. The van der Waals surface area contributed by atoms with E-state index in [9.17, 15) is 4.79 Å². The van der Waals surface area contributed by atoms with Crippen molar-refractivity contribution < 1.29 is 4.79 Å². The number of fused-ring (bicyclic) bond motifs is 1. The van der Waals surface area contributed by atoms with Gasteiger partial charge in [-0.15, -0.1) is 11.3 Å². The highest BCUT2D eigenvalue weighted by Gasteiger charge is 2.03. The van der Waals surface area contributed by atoms with Crippen molar-refractivity contribution in [2.75, 3.05) is 11.9 Å². The van der Waals surface area contributed by atoms with Crippen LogP contribution in [-0.4, -0.2) is 12.5 Å². The predicted molar refractivity (Wildman–Crippen MR) is 73.4 cm³/mol. The highest BCUT2D eigenvalue weighted by atomic mass is 32.1. The molecule has 1 aromatic heterocycles. The van der Waals surface area contributed by atoms with Crippen LogP contribution in [0, 0.1) is 0 Å². The number of amides is 1. The van der Waals surface area contributed by atoms with Crippen LogP contribution in [0.25, 0.3) is 10.1 Å². The Morgan fingerprint density at radius 3 is 3.00 bits per heavy atom. The van der Waals surface area contributed by atoms with E-state index in [4.69, 9.17) is 5.73 Å². The molecule has 17 heavy (non-hydrogen) atoms. The zero-order valence-electron chi connectivity index (χ0n) is 9.61. The Morgan fingerprint density at radius 2 is 2.18 bits per heavy atom. The fraction of sp³-hybridized carbons (Fsp3) is 0.308. The SMILES string of the molecule is NCCCCC(=O)Nc1ccc2sccc2c1. The van der Waals surface area contributed by atoms with E-state index in [2.05, 4.69) is 16.8 Å². The summed E-state index contributed by atoms with van der Waals surface area (Å²) in [5.74, 6) is 0.0630. The number of rotatable bonds is 5. The number of thiophene rings is 1. The van der Waals surface area contributed by atoms with Gasteiger partial charge in [0, 0.05) is 16.8 Å². The van der Waals surface area contributed by atoms with Crippen LogP contribution in [0.15, 0.2) is 29.6 Å². The molecule has 0 fully saturated rings. The number of nitrogens with two attached hydrogens (primary N) is 1. The number of hydrogen-bond donors (Lipinski definition) is 2. The lowest BCUT2D eigenvalue weighted by Crippen LogP contribution is -2.11. The number of unbranched alkanes of at least 4 members (excludes halogenated alkanes) is 1. The summed E-state index contributed by atoms with van der Waals surface area (Å²) in [5.41, 5.74) is 6.26. The number of benzene rings is 1. The molecule has 1 amide bonds. The lowest BCUT2D eigenvalue weighted by molar-refractivity contribution is -0.116. The third-order valence-electron chi connectivity index (χ3n) is 2.59. The molecule has 90 valence electrons. The van der Waals surface area contributed by atoms with Crippen LogP contribution in [0.3, 0.4) is 0 Å². The molecule has 1 heterocycles. The summed E-state index contributed by atoms with van der Waals surface area (Å²) in [6.07, 6.45) is 2.29. The first-order chi connectivity index (χ1) is 8.29. The average molecular weight is 248 g/mol. The van der Waals surface area contributed by atoms with Crippen LogP contribution < -0.4 is 11.1 Å². The number of hydrogen-bond acceptors (Lipinski definition) is 3. The molecule has 4 heteroatoms. The van der Waals surface area contributed by atoms with Crippen molar-refractivity contribution in [2.45, 2.75) is 19.3 Å². The molecule has 0 aliphatic carbocycles. The Bertz CT molecular complexity index is 507. The van der Waals surface area contributed by atoms with Gasteiger partial charge in [0.05, 0.1) is 0 Å². The van der Waals surface area contributed by atoms with Gasteiger partial charge in [0.2, 0.25) is 5.91 Å². The maximum Gasteiger partial charge on any atom is 0.224 e. The van der Waals surface area contributed by atoms with E-state index in [1.54, 1.807) is 11.3 Å². The molecule has 1 aromatic carbocycles. The number of carbonyl (C=O) groups excluding carboxylic acids is 1. The van der Waals surface area contributed by atoms with Gasteiger partial charge in [0.15, 0.2) is 0 Å². The lowest BCUT2D eigenvalue weighted by Gasteiger charge is -2.04. The quantitative estimate of drug-likeness (QED) is 0.799. The summed E-state index contributed by atoms with van der Waals surface area (Å²) in [4.78, 5) is 11.6.